The number of rotatable bonds is 6. The number of anilines is 1. The number of carbonyl (C=O) groups is 2. The van der Waals surface area contributed by atoms with E-state index in [0.717, 1.165) is 36.9 Å². The number of carbonyl (C=O) groups excluding carboxylic acids is 2. The number of amides is 2. The lowest BCUT2D eigenvalue weighted by Gasteiger charge is -2.34. The molecule has 2 aromatic rings. The Hall–Kier alpha value is -3.15. The Balaban J connectivity index is 1.40. The second-order valence-corrected chi connectivity index (χ2v) is 11.6. The van der Waals surface area contributed by atoms with E-state index in [2.05, 4.69) is 48.5 Å². The maximum absolute atomic E-state index is 14.1. The summed E-state index contributed by atoms with van der Waals surface area (Å²) in [6.45, 7) is 6.52. The Labute approximate surface area is 207 Å². The molecule has 3 fully saturated rings. The Kier molecular flexibility index (Phi) is 5.24. The van der Waals surface area contributed by atoms with Gasteiger partial charge >= 0.3 is 0 Å². The Morgan fingerprint density at radius 1 is 1.06 bits per heavy atom. The number of pyridine rings is 1. The third-order valence-electron chi connectivity index (χ3n) is 8.13. The lowest BCUT2D eigenvalue weighted by molar-refractivity contribution is -0.126. The highest BCUT2D eigenvalue weighted by Gasteiger charge is 2.76. The molecule has 2 aliphatic heterocycles. The average Bonchev–Trinajstić information content (AvgIpc) is 3.67. The van der Waals surface area contributed by atoms with Crippen molar-refractivity contribution in [3.8, 4) is 0 Å². The molecule has 6 heteroatoms. The van der Waals surface area contributed by atoms with E-state index in [1.807, 2.05) is 24.3 Å². The van der Waals surface area contributed by atoms with Gasteiger partial charge < -0.3 is 10.6 Å². The van der Waals surface area contributed by atoms with E-state index >= 15 is 0 Å². The summed E-state index contributed by atoms with van der Waals surface area (Å²) in [6.07, 6.45) is 8.86. The van der Waals surface area contributed by atoms with Gasteiger partial charge in [-0.1, -0.05) is 58.2 Å². The molecule has 2 amide bonds. The summed E-state index contributed by atoms with van der Waals surface area (Å²) in [4.78, 5) is 34.0. The number of hydrogen-bond donors (Lipinski definition) is 2. The number of fused-ring (bicyclic) bond motifs is 1. The normalized spacial score (nSPS) is 25.4. The molecule has 0 radical (unpaired) electrons. The van der Waals surface area contributed by atoms with Crippen molar-refractivity contribution in [1.82, 2.24) is 15.6 Å². The minimum Gasteiger partial charge on any atom is -0.377 e. The van der Waals surface area contributed by atoms with Gasteiger partial charge in [0, 0.05) is 47.6 Å². The highest BCUT2D eigenvalue weighted by atomic mass is 16.2. The average molecular weight is 471 g/mol. The standard InChI is InChI=1S/C29H34N4O2/c1-29(2,3)18-11-13-20(14-12-18)33(28(35)25-23-21-22(23)24(21)32-25)26(17-8-7-15-30-16-17)27(34)31-19-9-5-4-6-10-19/h7-8,11-16,19,21-22,24,26,32H,4-6,9-10H2,1-3H3,(H,31,34)/t21-,22?,24?,26?/m1/s1. The van der Waals surface area contributed by atoms with Crippen LogP contribution in [-0.4, -0.2) is 28.9 Å². The van der Waals surface area contributed by atoms with Crippen LogP contribution in [0.3, 0.4) is 0 Å². The Morgan fingerprint density at radius 2 is 1.77 bits per heavy atom. The third kappa shape index (κ3) is 3.93. The fourth-order valence-electron chi connectivity index (χ4n) is 5.94. The molecule has 3 saturated carbocycles. The molecule has 3 aliphatic carbocycles. The molecule has 1 aromatic carbocycles. The maximum atomic E-state index is 14.1. The molecular weight excluding hydrogens is 436 g/mol. The Bertz CT molecular complexity index is 1160. The van der Waals surface area contributed by atoms with E-state index in [9.17, 15) is 9.59 Å². The van der Waals surface area contributed by atoms with Crippen LogP contribution < -0.4 is 15.5 Å². The molecular formula is C29H34N4O2. The summed E-state index contributed by atoms with van der Waals surface area (Å²) < 4.78 is 0. The summed E-state index contributed by atoms with van der Waals surface area (Å²) in [7, 11) is 0. The van der Waals surface area contributed by atoms with Crippen LogP contribution >= 0.6 is 0 Å². The second kappa shape index (κ2) is 8.21. The molecule has 4 atom stereocenters. The SMILES string of the molecule is CC(C)(C)c1ccc(N(C(=O)C2=C3C4C(N2)[C@@H]34)C(C(=O)NC2CCCCC2)c2cccnc2)cc1. The van der Waals surface area contributed by atoms with E-state index in [1.165, 1.54) is 17.6 Å². The van der Waals surface area contributed by atoms with E-state index in [1.54, 1.807) is 17.3 Å². The zero-order chi connectivity index (χ0) is 24.3. The molecule has 3 unspecified atom stereocenters. The monoisotopic (exact) mass is 470 g/mol. The van der Waals surface area contributed by atoms with Gasteiger partial charge in [0.1, 0.15) is 11.7 Å². The summed E-state index contributed by atoms with van der Waals surface area (Å²) >= 11 is 0. The molecule has 0 saturated heterocycles. The van der Waals surface area contributed by atoms with Crippen LogP contribution in [0.2, 0.25) is 0 Å². The predicted molar refractivity (Wildman–Crippen MR) is 136 cm³/mol. The van der Waals surface area contributed by atoms with Crippen molar-refractivity contribution in [1.29, 1.82) is 0 Å². The lowest BCUT2D eigenvalue weighted by atomic mass is 9.87. The third-order valence-corrected chi connectivity index (χ3v) is 8.13. The second-order valence-electron chi connectivity index (χ2n) is 11.6. The summed E-state index contributed by atoms with van der Waals surface area (Å²) in [5.74, 6) is 0.837. The van der Waals surface area contributed by atoms with E-state index < -0.39 is 6.04 Å². The van der Waals surface area contributed by atoms with Crippen molar-refractivity contribution in [2.45, 2.75) is 76.4 Å². The molecule has 6 nitrogen and oxygen atoms in total. The topological polar surface area (TPSA) is 74.3 Å². The number of hydrogen-bond acceptors (Lipinski definition) is 4. The first-order valence-corrected chi connectivity index (χ1v) is 13.0. The largest absolute Gasteiger partial charge is 0.377 e. The van der Waals surface area contributed by atoms with Crippen molar-refractivity contribution in [3.05, 3.63) is 71.2 Å². The molecule has 3 heterocycles. The molecule has 0 spiro atoms. The smallest absolute Gasteiger partial charge is 0.275 e. The minimum absolute atomic E-state index is 0.00329. The first-order valence-electron chi connectivity index (χ1n) is 13.0. The van der Waals surface area contributed by atoms with Crippen LogP contribution in [-0.2, 0) is 15.0 Å². The van der Waals surface area contributed by atoms with Gasteiger partial charge in [-0.2, -0.15) is 0 Å². The zero-order valence-corrected chi connectivity index (χ0v) is 20.8. The zero-order valence-electron chi connectivity index (χ0n) is 20.8. The summed E-state index contributed by atoms with van der Waals surface area (Å²) in [5.41, 5.74) is 4.57. The summed E-state index contributed by atoms with van der Waals surface area (Å²) in [6, 6.07) is 11.6. The van der Waals surface area contributed by atoms with E-state index in [4.69, 9.17) is 0 Å². The van der Waals surface area contributed by atoms with E-state index in [-0.39, 0.29) is 23.3 Å². The lowest BCUT2D eigenvalue weighted by Crippen LogP contribution is -2.48. The number of aromatic nitrogens is 1. The molecule has 5 aliphatic rings. The quantitative estimate of drug-likeness (QED) is 0.657. The van der Waals surface area contributed by atoms with Crippen LogP contribution in [0.25, 0.3) is 0 Å². The van der Waals surface area contributed by atoms with Crippen molar-refractivity contribution in [2.24, 2.45) is 11.8 Å². The highest BCUT2D eigenvalue weighted by Crippen LogP contribution is 2.73. The Morgan fingerprint density at radius 3 is 2.34 bits per heavy atom. The van der Waals surface area contributed by atoms with Gasteiger partial charge in [0.05, 0.1) is 0 Å². The van der Waals surface area contributed by atoms with Crippen LogP contribution in [0.4, 0.5) is 5.69 Å². The van der Waals surface area contributed by atoms with Gasteiger partial charge in [0.15, 0.2) is 0 Å². The first kappa shape index (κ1) is 22.3. The molecule has 1 aromatic heterocycles. The van der Waals surface area contributed by atoms with Crippen molar-refractivity contribution in [3.63, 3.8) is 0 Å². The first-order chi connectivity index (χ1) is 16.8. The molecule has 182 valence electrons. The van der Waals surface area contributed by atoms with Gasteiger partial charge in [-0.05, 0) is 47.6 Å². The fraction of sp³-hybridized carbons (Fsp3) is 0.483. The van der Waals surface area contributed by atoms with Gasteiger partial charge in [-0.3, -0.25) is 19.5 Å². The van der Waals surface area contributed by atoms with E-state index in [0.29, 0.717) is 23.6 Å². The van der Waals surface area contributed by atoms with Crippen molar-refractivity contribution < 1.29 is 9.59 Å². The number of nitrogens with zero attached hydrogens (tertiary/aromatic N) is 2. The molecule has 2 N–H and O–H groups in total. The van der Waals surface area contributed by atoms with Gasteiger partial charge in [0.2, 0.25) is 5.91 Å². The predicted octanol–water partition coefficient (Wildman–Crippen LogP) is 4.39. The van der Waals surface area contributed by atoms with Crippen LogP contribution in [0.15, 0.2) is 60.1 Å². The number of nitrogens with one attached hydrogen (secondary N) is 2. The number of benzene rings is 1. The van der Waals surface area contributed by atoms with Gasteiger partial charge in [0.25, 0.3) is 5.91 Å². The molecule has 35 heavy (non-hydrogen) atoms. The maximum Gasteiger partial charge on any atom is 0.275 e. The minimum atomic E-state index is -0.790. The fourth-order valence-corrected chi connectivity index (χ4v) is 5.94. The molecule has 2 bridgehead atoms. The van der Waals surface area contributed by atoms with Crippen molar-refractivity contribution >= 4 is 17.5 Å². The molecule has 7 rings (SSSR count). The summed E-state index contributed by atoms with van der Waals surface area (Å²) in [5, 5.41) is 6.70. The van der Waals surface area contributed by atoms with Crippen LogP contribution in [0.5, 0.6) is 0 Å². The van der Waals surface area contributed by atoms with Crippen molar-refractivity contribution in [2.75, 3.05) is 4.90 Å². The van der Waals surface area contributed by atoms with Crippen LogP contribution in [0.1, 0.15) is 70.0 Å². The van der Waals surface area contributed by atoms with Gasteiger partial charge in [-0.25, -0.2) is 0 Å². The van der Waals surface area contributed by atoms with Gasteiger partial charge in [-0.15, -0.1) is 0 Å². The van der Waals surface area contributed by atoms with Crippen LogP contribution in [0, 0.1) is 11.8 Å². The highest BCUT2D eigenvalue weighted by molar-refractivity contribution is 6.11.